The van der Waals surface area contributed by atoms with Gasteiger partial charge in [-0.25, -0.2) is 0 Å². The summed E-state index contributed by atoms with van der Waals surface area (Å²) in [7, 11) is 0. The zero-order chi connectivity index (χ0) is 8.32. The molecule has 1 heterocycles. The van der Waals surface area contributed by atoms with E-state index in [9.17, 15) is 4.79 Å². The van der Waals surface area contributed by atoms with E-state index < -0.39 is 5.60 Å². The van der Waals surface area contributed by atoms with Crippen molar-refractivity contribution in [2.24, 2.45) is 0 Å². The zero-order valence-corrected chi connectivity index (χ0v) is 6.72. The predicted molar refractivity (Wildman–Crippen MR) is 42.2 cm³/mol. The van der Waals surface area contributed by atoms with Gasteiger partial charge in [-0.05, 0) is 6.92 Å². The Morgan fingerprint density at radius 3 is 3.18 bits per heavy atom. The maximum absolute atomic E-state index is 11.2. The fourth-order valence-electron chi connectivity index (χ4n) is 1.12. The van der Waals surface area contributed by atoms with E-state index >= 15 is 0 Å². The highest BCUT2D eigenvalue weighted by Crippen LogP contribution is 2.18. The molecule has 1 aliphatic heterocycles. The second-order valence-electron chi connectivity index (χ2n) is 2.83. The van der Waals surface area contributed by atoms with Crippen molar-refractivity contribution < 1.29 is 9.53 Å². The summed E-state index contributed by atoms with van der Waals surface area (Å²) >= 11 is 0. The van der Waals surface area contributed by atoms with Crippen LogP contribution in [0.3, 0.4) is 0 Å². The Hall–Kier alpha value is -0.830. The van der Waals surface area contributed by atoms with Gasteiger partial charge in [0.25, 0.3) is 5.91 Å². The molecule has 0 aromatic heterocycles. The maximum atomic E-state index is 11.2. The van der Waals surface area contributed by atoms with E-state index in [1.807, 2.05) is 0 Å². The first-order chi connectivity index (χ1) is 5.19. The lowest BCUT2D eigenvalue weighted by Crippen LogP contribution is -2.52. The normalized spacial score (nSPS) is 31.2. The van der Waals surface area contributed by atoms with Crippen molar-refractivity contribution in [2.45, 2.75) is 18.9 Å². The third kappa shape index (κ3) is 1.60. The van der Waals surface area contributed by atoms with Gasteiger partial charge in [0, 0.05) is 13.0 Å². The van der Waals surface area contributed by atoms with Crippen LogP contribution in [-0.2, 0) is 9.53 Å². The minimum absolute atomic E-state index is 0.0383. The summed E-state index contributed by atoms with van der Waals surface area (Å²) in [6.07, 6.45) is 2.27. The quantitative estimate of drug-likeness (QED) is 0.588. The van der Waals surface area contributed by atoms with Gasteiger partial charge in [0.05, 0.1) is 6.61 Å². The van der Waals surface area contributed by atoms with Crippen molar-refractivity contribution in [2.75, 3.05) is 13.2 Å². The van der Waals surface area contributed by atoms with E-state index in [1.165, 1.54) is 0 Å². The van der Waals surface area contributed by atoms with Crippen LogP contribution < -0.4 is 5.32 Å². The molecule has 1 amide bonds. The Balaban J connectivity index is 2.64. The summed E-state index contributed by atoms with van der Waals surface area (Å²) in [4.78, 5) is 11.2. The number of ether oxygens (including phenoxy) is 1. The maximum Gasteiger partial charge on any atom is 0.252 e. The van der Waals surface area contributed by atoms with Gasteiger partial charge < -0.3 is 10.1 Å². The number of hydrogen-bond acceptors (Lipinski definition) is 2. The first-order valence-electron chi connectivity index (χ1n) is 3.72. The second kappa shape index (κ2) is 3.05. The first kappa shape index (κ1) is 8.27. The molecule has 1 N–H and O–H groups in total. The van der Waals surface area contributed by atoms with Gasteiger partial charge in [-0.3, -0.25) is 4.79 Å². The molecular weight excluding hydrogens is 142 g/mol. The fourth-order valence-corrected chi connectivity index (χ4v) is 1.12. The zero-order valence-electron chi connectivity index (χ0n) is 6.72. The first-order valence-corrected chi connectivity index (χ1v) is 3.72. The lowest BCUT2D eigenvalue weighted by atomic mass is 10.00. The molecule has 0 saturated carbocycles. The standard InChI is InChI=1S/C8H13NO2/c1-3-4-8(2)7(10)9-5-6-11-8/h3H,1,4-6H2,2H3,(H,9,10)/t8-/m0/s1. The van der Waals surface area contributed by atoms with Gasteiger partial charge in [0.2, 0.25) is 0 Å². The average molecular weight is 155 g/mol. The minimum atomic E-state index is -0.681. The molecule has 1 saturated heterocycles. The molecule has 0 aromatic carbocycles. The van der Waals surface area contributed by atoms with E-state index in [0.717, 1.165) is 0 Å². The van der Waals surface area contributed by atoms with Gasteiger partial charge in [-0.2, -0.15) is 0 Å². The summed E-state index contributed by atoms with van der Waals surface area (Å²) < 4.78 is 5.33. The summed E-state index contributed by atoms with van der Waals surface area (Å²) in [5.74, 6) is -0.0383. The Morgan fingerprint density at radius 2 is 2.64 bits per heavy atom. The molecule has 3 heteroatoms. The van der Waals surface area contributed by atoms with Gasteiger partial charge in [-0.1, -0.05) is 6.08 Å². The lowest BCUT2D eigenvalue weighted by Gasteiger charge is -2.31. The van der Waals surface area contributed by atoms with Gasteiger partial charge in [0.15, 0.2) is 0 Å². The van der Waals surface area contributed by atoms with Crippen molar-refractivity contribution in [1.82, 2.24) is 5.32 Å². The van der Waals surface area contributed by atoms with Crippen LogP contribution >= 0.6 is 0 Å². The molecule has 0 aromatic rings. The Labute approximate surface area is 66.4 Å². The summed E-state index contributed by atoms with van der Waals surface area (Å²) in [6.45, 7) is 6.57. The number of hydrogen-bond donors (Lipinski definition) is 1. The molecule has 1 fully saturated rings. The number of carbonyl (C=O) groups is 1. The van der Waals surface area contributed by atoms with E-state index in [-0.39, 0.29) is 5.91 Å². The molecule has 0 radical (unpaired) electrons. The van der Waals surface area contributed by atoms with Crippen LogP contribution in [0.1, 0.15) is 13.3 Å². The summed E-state index contributed by atoms with van der Waals surface area (Å²) in [5.41, 5.74) is -0.681. The molecule has 11 heavy (non-hydrogen) atoms. The SMILES string of the molecule is C=CC[C@]1(C)OCCNC1=O. The molecule has 1 aliphatic rings. The minimum Gasteiger partial charge on any atom is -0.363 e. The van der Waals surface area contributed by atoms with Crippen LogP contribution in [0.5, 0.6) is 0 Å². The predicted octanol–water partition coefficient (Wildman–Crippen LogP) is 0.468. The monoisotopic (exact) mass is 155 g/mol. The average Bonchev–Trinajstić information content (AvgIpc) is 1.96. The highest BCUT2D eigenvalue weighted by molar-refractivity contribution is 5.85. The third-order valence-corrected chi connectivity index (χ3v) is 1.82. The van der Waals surface area contributed by atoms with Crippen LogP contribution in [0.25, 0.3) is 0 Å². The van der Waals surface area contributed by atoms with Crippen LogP contribution in [0, 0.1) is 0 Å². The van der Waals surface area contributed by atoms with Gasteiger partial charge >= 0.3 is 0 Å². The molecule has 62 valence electrons. The number of rotatable bonds is 2. The van der Waals surface area contributed by atoms with Crippen molar-refractivity contribution in [3.8, 4) is 0 Å². The topological polar surface area (TPSA) is 38.3 Å². The van der Waals surface area contributed by atoms with Crippen molar-refractivity contribution in [3.63, 3.8) is 0 Å². The molecule has 0 unspecified atom stereocenters. The summed E-state index contributed by atoms with van der Waals surface area (Å²) in [6, 6.07) is 0. The lowest BCUT2D eigenvalue weighted by molar-refractivity contribution is -0.151. The Bertz CT molecular complexity index is 179. The number of amides is 1. The highest BCUT2D eigenvalue weighted by Gasteiger charge is 2.35. The molecule has 1 rings (SSSR count). The van der Waals surface area contributed by atoms with Crippen molar-refractivity contribution in [3.05, 3.63) is 12.7 Å². The molecule has 0 aliphatic carbocycles. The molecular formula is C8H13NO2. The molecule has 3 nitrogen and oxygen atoms in total. The molecule has 0 spiro atoms. The molecule has 0 bridgehead atoms. The van der Waals surface area contributed by atoms with E-state index in [4.69, 9.17) is 4.74 Å². The van der Waals surface area contributed by atoms with Gasteiger partial charge in [0.1, 0.15) is 5.60 Å². The van der Waals surface area contributed by atoms with Crippen LogP contribution in [0.4, 0.5) is 0 Å². The third-order valence-electron chi connectivity index (χ3n) is 1.82. The Kier molecular flexibility index (Phi) is 2.29. The van der Waals surface area contributed by atoms with Crippen LogP contribution in [0.2, 0.25) is 0 Å². The summed E-state index contributed by atoms with van der Waals surface area (Å²) in [5, 5.41) is 2.75. The van der Waals surface area contributed by atoms with Crippen LogP contribution in [-0.4, -0.2) is 24.7 Å². The Morgan fingerprint density at radius 1 is 1.91 bits per heavy atom. The van der Waals surface area contributed by atoms with E-state index in [1.54, 1.807) is 13.0 Å². The number of carbonyl (C=O) groups excluding carboxylic acids is 1. The van der Waals surface area contributed by atoms with Crippen molar-refractivity contribution >= 4 is 5.91 Å². The molecule has 1 atom stereocenters. The fraction of sp³-hybridized carbons (Fsp3) is 0.625. The van der Waals surface area contributed by atoms with Crippen LogP contribution in [0.15, 0.2) is 12.7 Å². The highest BCUT2D eigenvalue weighted by atomic mass is 16.5. The smallest absolute Gasteiger partial charge is 0.252 e. The second-order valence-corrected chi connectivity index (χ2v) is 2.83. The van der Waals surface area contributed by atoms with E-state index in [0.29, 0.717) is 19.6 Å². The van der Waals surface area contributed by atoms with E-state index in [2.05, 4.69) is 11.9 Å². The van der Waals surface area contributed by atoms with Crippen molar-refractivity contribution in [1.29, 1.82) is 0 Å². The number of morpholine rings is 1. The number of nitrogens with one attached hydrogen (secondary N) is 1. The van der Waals surface area contributed by atoms with Gasteiger partial charge in [-0.15, -0.1) is 6.58 Å². The largest absolute Gasteiger partial charge is 0.363 e.